The van der Waals surface area contributed by atoms with Crippen molar-refractivity contribution in [2.45, 2.75) is 45.1 Å². The summed E-state index contributed by atoms with van der Waals surface area (Å²) < 4.78 is 0. The maximum atomic E-state index is 12.6. The number of hydrogen-bond acceptors (Lipinski definition) is 4. The van der Waals surface area contributed by atoms with E-state index in [0.29, 0.717) is 29.3 Å². The first-order valence-electron chi connectivity index (χ1n) is 9.91. The smallest absolute Gasteiger partial charge is 0.165 e. The van der Waals surface area contributed by atoms with Crippen LogP contribution in [0.1, 0.15) is 59.7 Å². The molecule has 4 nitrogen and oxygen atoms in total. The standard InChI is InChI=1S/C24H22Cl2N2O2/c1-15-10-16(5-7-21(15)23(29)8-6-20-4-3-9-27-20)22-14-24(2,30-28-22)17-11-18(25)13-19(26)12-17/h4-5,7,9-13H,3,6,8,14H2,1-2H3. The number of oxime groups is 1. The number of benzene rings is 2. The van der Waals surface area contributed by atoms with Crippen LogP contribution >= 0.6 is 23.2 Å². The maximum absolute atomic E-state index is 12.6. The first-order chi connectivity index (χ1) is 14.3. The van der Waals surface area contributed by atoms with Gasteiger partial charge in [0.1, 0.15) is 0 Å². The van der Waals surface area contributed by atoms with Crippen LogP contribution < -0.4 is 0 Å². The lowest BCUT2D eigenvalue weighted by atomic mass is 9.88. The number of allylic oxidation sites excluding steroid dienone is 2. The van der Waals surface area contributed by atoms with E-state index in [-0.39, 0.29) is 5.78 Å². The van der Waals surface area contributed by atoms with E-state index in [0.717, 1.165) is 40.1 Å². The summed E-state index contributed by atoms with van der Waals surface area (Å²) in [5.41, 5.74) is 4.70. The fraction of sp³-hybridized carbons (Fsp3) is 0.292. The van der Waals surface area contributed by atoms with Gasteiger partial charge in [-0.1, -0.05) is 46.6 Å². The number of Topliss-reactive ketones (excluding diaryl/α,β-unsaturated/α-hetero) is 1. The topological polar surface area (TPSA) is 51.0 Å². The van der Waals surface area contributed by atoms with E-state index in [1.165, 1.54) is 0 Å². The number of aryl methyl sites for hydroxylation is 1. The maximum Gasteiger partial charge on any atom is 0.165 e. The van der Waals surface area contributed by atoms with E-state index in [1.807, 2.05) is 50.4 Å². The molecular formula is C24H22Cl2N2O2. The highest BCUT2D eigenvalue weighted by molar-refractivity contribution is 6.34. The van der Waals surface area contributed by atoms with Crippen LogP contribution in [0.5, 0.6) is 0 Å². The van der Waals surface area contributed by atoms with Crippen molar-refractivity contribution in [1.82, 2.24) is 0 Å². The van der Waals surface area contributed by atoms with Gasteiger partial charge in [0.15, 0.2) is 11.4 Å². The molecule has 0 saturated heterocycles. The Morgan fingerprint density at radius 3 is 2.60 bits per heavy atom. The SMILES string of the molecule is Cc1cc(C2=NOC(C)(c3cc(Cl)cc(Cl)c3)C2)ccc1C(=O)CCC1=CCC=N1. The number of ketones is 1. The van der Waals surface area contributed by atoms with Crippen LogP contribution in [0.2, 0.25) is 10.0 Å². The van der Waals surface area contributed by atoms with Gasteiger partial charge in [0.05, 0.1) is 5.71 Å². The summed E-state index contributed by atoms with van der Waals surface area (Å²) in [6.07, 6.45) is 6.52. The molecule has 0 bridgehead atoms. The van der Waals surface area contributed by atoms with Crippen LogP contribution in [0.15, 0.2) is 58.3 Å². The third-order valence-corrected chi connectivity index (χ3v) is 5.96. The van der Waals surface area contributed by atoms with Gasteiger partial charge in [0, 0.05) is 52.3 Å². The number of halogens is 2. The molecule has 30 heavy (non-hydrogen) atoms. The first-order valence-corrected chi connectivity index (χ1v) is 10.7. The molecule has 0 radical (unpaired) electrons. The fourth-order valence-corrected chi connectivity index (χ4v) is 4.34. The second-order valence-corrected chi connectivity index (χ2v) is 8.76. The van der Waals surface area contributed by atoms with Gasteiger partial charge < -0.3 is 4.84 Å². The van der Waals surface area contributed by atoms with Crippen molar-refractivity contribution in [2.24, 2.45) is 10.1 Å². The Bertz CT molecular complexity index is 1080. The summed E-state index contributed by atoms with van der Waals surface area (Å²) in [7, 11) is 0. The van der Waals surface area contributed by atoms with Crippen LogP contribution in [0, 0.1) is 6.92 Å². The molecule has 0 aliphatic carbocycles. The molecule has 4 rings (SSSR count). The molecule has 1 unspecified atom stereocenters. The molecule has 0 spiro atoms. The lowest BCUT2D eigenvalue weighted by Crippen LogP contribution is -2.22. The van der Waals surface area contributed by atoms with Gasteiger partial charge in [-0.05, 0) is 55.7 Å². The number of carbonyl (C=O) groups is 1. The van der Waals surface area contributed by atoms with Crippen LogP contribution in [-0.2, 0) is 10.4 Å². The second-order valence-electron chi connectivity index (χ2n) is 7.89. The van der Waals surface area contributed by atoms with E-state index in [1.54, 1.807) is 6.07 Å². The minimum atomic E-state index is -0.637. The van der Waals surface area contributed by atoms with Gasteiger partial charge in [-0.3, -0.25) is 9.79 Å². The van der Waals surface area contributed by atoms with Gasteiger partial charge in [-0.25, -0.2) is 0 Å². The number of rotatable bonds is 6. The van der Waals surface area contributed by atoms with Gasteiger partial charge in [0.2, 0.25) is 0 Å². The summed E-state index contributed by atoms with van der Waals surface area (Å²) in [6, 6.07) is 11.2. The average molecular weight is 441 g/mol. The van der Waals surface area contributed by atoms with Crippen molar-refractivity contribution >= 4 is 40.9 Å². The zero-order valence-electron chi connectivity index (χ0n) is 16.9. The van der Waals surface area contributed by atoms with Gasteiger partial charge in [-0.15, -0.1) is 0 Å². The molecule has 2 aliphatic rings. The third kappa shape index (κ3) is 4.35. The Morgan fingerprint density at radius 1 is 1.17 bits per heavy atom. The summed E-state index contributed by atoms with van der Waals surface area (Å²) in [5, 5.41) is 5.45. The van der Waals surface area contributed by atoms with E-state index < -0.39 is 5.60 Å². The average Bonchev–Trinajstić information content (AvgIpc) is 3.36. The largest absolute Gasteiger partial charge is 0.384 e. The molecule has 1 atom stereocenters. The molecule has 0 N–H and O–H groups in total. The van der Waals surface area contributed by atoms with Crippen molar-refractivity contribution in [1.29, 1.82) is 0 Å². The Balaban J connectivity index is 1.48. The van der Waals surface area contributed by atoms with Crippen LogP contribution in [0.4, 0.5) is 0 Å². The highest BCUT2D eigenvalue weighted by Gasteiger charge is 2.37. The van der Waals surface area contributed by atoms with Gasteiger partial charge in [0.25, 0.3) is 0 Å². The predicted octanol–water partition coefficient (Wildman–Crippen LogP) is 6.66. The molecule has 2 heterocycles. The quantitative estimate of drug-likeness (QED) is 0.471. The third-order valence-electron chi connectivity index (χ3n) is 5.52. The number of nitrogens with zero attached hydrogens (tertiary/aromatic N) is 2. The van der Waals surface area contributed by atoms with E-state index in [9.17, 15) is 4.79 Å². The van der Waals surface area contributed by atoms with Crippen LogP contribution in [0.3, 0.4) is 0 Å². The highest BCUT2D eigenvalue weighted by atomic mass is 35.5. The van der Waals surface area contributed by atoms with Crippen molar-refractivity contribution in [3.63, 3.8) is 0 Å². The van der Waals surface area contributed by atoms with Crippen LogP contribution in [-0.4, -0.2) is 17.7 Å². The first kappa shape index (κ1) is 20.8. The van der Waals surface area contributed by atoms with Crippen LogP contribution in [0.25, 0.3) is 0 Å². The molecule has 2 aliphatic heterocycles. The van der Waals surface area contributed by atoms with E-state index >= 15 is 0 Å². The molecule has 0 saturated carbocycles. The zero-order valence-corrected chi connectivity index (χ0v) is 18.4. The molecule has 2 aromatic carbocycles. The summed E-state index contributed by atoms with van der Waals surface area (Å²) in [4.78, 5) is 22.7. The predicted molar refractivity (Wildman–Crippen MR) is 122 cm³/mol. The minimum absolute atomic E-state index is 0.130. The normalized spacial score (nSPS) is 20.1. The van der Waals surface area contributed by atoms with E-state index in [4.69, 9.17) is 28.0 Å². The van der Waals surface area contributed by atoms with Crippen molar-refractivity contribution < 1.29 is 9.63 Å². The molecular weight excluding hydrogens is 419 g/mol. The Hall–Kier alpha value is -2.43. The van der Waals surface area contributed by atoms with Crippen molar-refractivity contribution in [3.05, 3.63) is 80.5 Å². The molecule has 154 valence electrons. The Morgan fingerprint density at radius 2 is 1.93 bits per heavy atom. The summed E-state index contributed by atoms with van der Waals surface area (Å²) in [5.74, 6) is 0.130. The second kappa shape index (κ2) is 8.37. The lowest BCUT2D eigenvalue weighted by Gasteiger charge is -2.22. The fourth-order valence-electron chi connectivity index (χ4n) is 3.82. The minimum Gasteiger partial charge on any atom is -0.384 e. The monoisotopic (exact) mass is 440 g/mol. The Kier molecular flexibility index (Phi) is 5.81. The van der Waals surface area contributed by atoms with Crippen molar-refractivity contribution in [2.75, 3.05) is 0 Å². The Labute approximate surface area is 186 Å². The number of aliphatic imine (C=N–C) groups is 1. The molecule has 0 aromatic heterocycles. The summed E-state index contributed by atoms with van der Waals surface area (Å²) in [6.45, 7) is 3.92. The molecule has 0 fully saturated rings. The molecule has 0 amide bonds. The molecule has 2 aromatic rings. The number of hydrogen-bond donors (Lipinski definition) is 0. The van der Waals surface area contributed by atoms with E-state index in [2.05, 4.69) is 16.2 Å². The highest BCUT2D eigenvalue weighted by Crippen LogP contribution is 2.38. The van der Waals surface area contributed by atoms with Gasteiger partial charge in [-0.2, -0.15) is 0 Å². The zero-order chi connectivity index (χ0) is 21.3. The summed E-state index contributed by atoms with van der Waals surface area (Å²) >= 11 is 12.3. The van der Waals surface area contributed by atoms with Crippen molar-refractivity contribution in [3.8, 4) is 0 Å². The molecule has 6 heteroatoms. The number of carbonyl (C=O) groups excluding carboxylic acids is 1. The van der Waals surface area contributed by atoms with Gasteiger partial charge >= 0.3 is 0 Å². The lowest BCUT2D eigenvalue weighted by molar-refractivity contribution is -0.00737.